The van der Waals surface area contributed by atoms with E-state index in [2.05, 4.69) is 17.4 Å². The Morgan fingerprint density at radius 3 is 2.52 bits per heavy atom. The molecule has 0 heterocycles. The summed E-state index contributed by atoms with van der Waals surface area (Å²) < 4.78 is 11.9. The number of rotatable bonds is 7. The fourth-order valence-corrected chi connectivity index (χ4v) is 3.57. The van der Waals surface area contributed by atoms with Gasteiger partial charge in [0.05, 0.1) is 6.61 Å². The summed E-state index contributed by atoms with van der Waals surface area (Å²) in [4.78, 5) is 12.8. The summed E-state index contributed by atoms with van der Waals surface area (Å²) in [5, 5.41) is 5.58. The summed E-state index contributed by atoms with van der Waals surface area (Å²) in [5.41, 5.74) is 1.95. The second kappa shape index (κ2) is 9.54. The van der Waals surface area contributed by atoms with E-state index < -0.39 is 0 Å². The number of nitrogens with one attached hydrogen (secondary N) is 1. The molecule has 0 saturated carbocycles. The molecule has 31 heavy (non-hydrogen) atoms. The first-order valence-corrected chi connectivity index (χ1v) is 10.4. The minimum atomic E-state index is -0.225. The number of carbonyl (C=O) groups excluding carboxylic acids is 1. The van der Waals surface area contributed by atoms with Gasteiger partial charge in [-0.25, -0.2) is 0 Å². The van der Waals surface area contributed by atoms with E-state index in [4.69, 9.17) is 21.1 Å². The normalized spacial score (nSPS) is 10.6. The van der Waals surface area contributed by atoms with Gasteiger partial charge in [-0.3, -0.25) is 4.79 Å². The monoisotopic (exact) mass is 431 g/mol. The Bertz CT molecular complexity index is 1220. The van der Waals surface area contributed by atoms with Crippen molar-refractivity contribution in [3.05, 3.63) is 101 Å². The molecule has 0 unspecified atom stereocenters. The zero-order valence-corrected chi connectivity index (χ0v) is 17.9. The van der Waals surface area contributed by atoms with Gasteiger partial charge in [0, 0.05) is 27.2 Å². The molecule has 0 saturated heterocycles. The van der Waals surface area contributed by atoms with Crippen molar-refractivity contribution < 1.29 is 14.3 Å². The van der Waals surface area contributed by atoms with E-state index in [1.54, 1.807) is 42.5 Å². The first-order valence-electron chi connectivity index (χ1n) is 10.1. The summed E-state index contributed by atoms with van der Waals surface area (Å²) in [6.07, 6.45) is 0. The highest BCUT2D eigenvalue weighted by atomic mass is 35.5. The van der Waals surface area contributed by atoms with Crippen LogP contribution in [0.5, 0.6) is 11.5 Å². The van der Waals surface area contributed by atoms with E-state index in [1.165, 1.54) is 0 Å². The molecule has 0 atom stereocenters. The zero-order valence-electron chi connectivity index (χ0n) is 17.1. The molecule has 156 valence electrons. The fourth-order valence-electron chi connectivity index (χ4n) is 3.38. The molecule has 5 heteroatoms. The lowest BCUT2D eigenvalue weighted by molar-refractivity contribution is 0.102. The van der Waals surface area contributed by atoms with Crippen LogP contribution in [-0.4, -0.2) is 12.5 Å². The second-order valence-corrected chi connectivity index (χ2v) is 7.42. The molecule has 0 aliphatic carbocycles. The molecule has 0 fully saturated rings. The maximum Gasteiger partial charge on any atom is 0.255 e. The Morgan fingerprint density at radius 2 is 1.68 bits per heavy atom. The van der Waals surface area contributed by atoms with Crippen molar-refractivity contribution in [2.24, 2.45) is 0 Å². The molecule has 0 aromatic heterocycles. The van der Waals surface area contributed by atoms with Crippen molar-refractivity contribution >= 4 is 34.0 Å². The van der Waals surface area contributed by atoms with Gasteiger partial charge in [-0.05, 0) is 54.8 Å². The van der Waals surface area contributed by atoms with Gasteiger partial charge in [0.15, 0.2) is 0 Å². The smallest absolute Gasteiger partial charge is 0.255 e. The molecule has 4 aromatic carbocycles. The Morgan fingerprint density at radius 1 is 0.871 bits per heavy atom. The Balaban J connectivity index is 1.57. The maximum absolute atomic E-state index is 12.8. The van der Waals surface area contributed by atoms with Crippen LogP contribution < -0.4 is 14.8 Å². The third kappa shape index (κ3) is 4.98. The Kier molecular flexibility index (Phi) is 6.39. The van der Waals surface area contributed by atoms with Crippen molar-refractivity contribution in [3.8, 4) is 11.5 Å². The number of fused-ring (bicyclic) bond motifs is 1. The van der Waals surface area contributed by atoms with Gasteiger partial charge in [0.1, 0.15) is 18.1 Å². The number of carbonyl (C=O) groups is 1. The minimum absolute atomic E-state index is 0.225. The lowest BCUT2D eigenvalue weighted by atomic mass is 10.1. The first kappa shape index (κ1) is 20.8. The molecule has 0 spiro atoms. The number of hydrogen-bond acceptors (Lipinski definition) is 3. The van der Waals surface area contributed by atoms with Gasteiger partial charge in [-0.1, -0.05) is 54.1 Å². The molecule has 1 N–H and O–H groups in total. The van der Waals surface area contributed by atoms with Crippen molar-refractivity contribution in [1.82, 2.24) is 0 Å². The van der Waals surface area contributed by atoms with Crippen LogP contribution in [0.4, 0.5) is 5.69 Å². The molecular formula is C26H22ClNO3. The minimum Gasteiger partial charge on any atom is -0.493 e. The summed E-state index contributed by atoms with van der Waals surface area (Å²) in [6.45, 7) is 2.73. The highest BCUT2D eigenvalue weighted by Crippen LogP contribution is 2.28. The van der Waals surface area contributed by atoms with Gasteiger partial charge in [-0.2, -0.15) is 0 Å². The van der Waals surface area contributed by atoms with E-state index in [9.17, 15) is 4.79 Å². The largest absolute Gasteiger partial charge is 0.493 e. The van der Waals surface area contributed by atoms with Crippen LogP contribution in [0.1, 0.15) is 22.8 Å². The third-order valence-corrected chi connectivity index (χ3v) is 5.07. The standard InChI is InChI=1S/C26H22ClNO3/c1-2-30-24-14-13-19(26(29)28-22-10-6-9-21(27)16-22)15-20(24)17-31-25-12-5-8-18-7-3-4-11-23(18)25/h3-16H,2,17H2,1H3,(H,28,29). The van der Waals surface area contributed by atoms with Crippen LogP contribution in [0.2, 0.25) is 5.02 Å². The lowest BCUT2D eigenvalue weighted by Gasteiger charge is -2.14. The van der Waals surface area contributed by atoms with Gasteiger partial charge >= 0.3 is 0 Å². The van der Waals surface area contributed by atoms with Crippen LogP contribution in [0.3, 0.4) is 0 Å². The first-order chi connectivity index (χ1) is 15.1. The molecular weight excluding hydrogens is 410 g/mol. The summed E-state index contributed by atoms with van der Waals surface area (Å²) in [7, 11) is 0. The van der Waals surface area contributed by atoms with E-state index in [0.29, 0.717) is 28.6 Å². The number of ether oxygens (including phenoxy) is 2. The predicted octanol–water partition coefficient (Wildman–Crippen LogP) is 6.72. The molecule has 0 bridgehead atoms. The number of hydrogen-bond donors (Lipinski definition) is 1. The van der Waals surface area contributed by atoms with Gasteiger partial charge < -0.3 is 14.8 Å². The fraction of sp³-hybridized carbons (Fsp3) is 0.115. The number of amides is 1. The van der Waals surface area contributed by atoms with Crippen molar-refractivity contribution in [2.75, 3.05) is 11.9 Å². The Hall–Kier alpha value is -3.50. The average molecular weight is 432 g/mol. The van der Waals surface area contributed by atoms with E-state index in [-0.39, 0.29) is 12.5 Å². The molecule has 1 amide bonds. The Labute approximate surface area is 186 Å². The van der Waals surface area contributed by atoms with Gasteiger partial charge in [0.25, 0.3) is 5.91 Å². The van der Waals surface area contributed by atoms with Gasteiger partial charge in [0.2, 0.25) is 0 Å². The van der Waals surface area contributed by atoms with Crippen LogP contribution in [-0.2, 0) is 6.61 Å². The van der Waals surface area contributed by atoms with Gasteiger partial charge in [-0.15, -0.1) is 0 Å². The van der Waals surface area contributed by atoms with Crippen molar-refractivity contribution in [2.45, 2.75) is 13.5 Å². The molecule has 4 aromatic rings. The molecule has 4 rings (SSSR count). The van der Waals surface area contributed by atoms with Crippen LogP contribution in [0, 0.1) is 0 Å². The van der Waals surface area contributed by atoms with Crippen LogP contribution in [0.15, 0.2) is 84.9 Å². The summed E-state index contributed by atoms with van der Waals surface area (Å²) in [5.74, 6) is 1.26. The molecule has 0 aliphatic heterocycles. The third-order valence-electron chi connectivity index (χ3n) is 4.84. The van der Waals surface area contributed by atoms with E-state index in [0.717, 1.165) is 22.1 Å². The topological polar surface area (TPSA) is 47.6 Å². The highest BCUT2D eigenvalue weighted by molar-refractivity contribution is 6.31. The van der Waals surface area contributed by atoms with Crippen molar-refractivity contribution in [3.63, 3.8) is 0 Å². The van der Waals surface area contributed by atoms with Crippen LogP contribution >= 0.6 is 11.6 Å². The van der Waals surface area contributed by atoms with E-state index in [1.807, 2.05) is 37.3 Å². The number of halogens is 1. The summed E-state index contributed by atoms with van der Waals surface area (Å²) in [6, 6.07) is 26.4. The number of anilines is 1. The van der Waals surface area contributed by atoms with E-state index >= 15 is 0 Å². The quantitative estimate of drug-likeness (QED) is 0.353. The zero-order chi connectivity index (χ0) is 21.6. The molecule has 0 aliphatic rings. The highest BCUT2D eigenvalue weighted by Gasteiger charge is 2.13. The van der Waals surface area contributed by atoms with Crippen LogP contribution in [0.25, 0.3) is 10.8 Å². The maximum atomic E-state index is 12.8. The molecule has 4 nitrogen and oxygen atoms in total. The predicted molar refractivity (Wildman–Crippen MR) is 125 cm³/mol. The molecule has 0 radical (unpaired) electrons. The summed E-state index contributed by atoms with van der Waals surface area (Å²) >= 11 is 6.01. The SMILES string of the molecule is CCOc1ccc(C(=O)Nc2cccc(Cl)c2)cc1COc1cccc2ccccc12. The lowest BCUT2D eigenvalue weighted by Crippen LogP contribution is -2.13. The van der Waals surface area contributed by atoms with Crippen molar-refractivity contribution in [1.29, 1.82) is 0 Å². The second-order valence-electron chi connectivity index (χ2n) is 6.99. The number of benzene rings is 4. The average Bonchev–Trinajstić information content (AvgIpc) is 2.78.